The summed E-state index contributed by atoms with van der Waals surface area (Å²) in [6.07, 6.45) is 1.33. The van der Waals surface area contributed by atoms with Crippen molar-refractivity contribution in [3.8, 4) is 16.8 Å². The van der Waals surface area contributed by atoms with Gasteiger partial charge in [-0.25, -0.2) is 4.98 Å². The van der Waals surface area contributed by atoms with Gasteiger partial charge >= 0.3 is 0 Å². The third kappa shape index (κ3) is 3.94. The quantitative estimate of drug-likeness (QED) is 0.211. The molecule has 0 aliphatic carbocycles. The molecule has 0 aliphatic heterocycles. The van der Waals surface area contributed by atoms with Crippen molar-refractivity contribution in [2.24, 2.45) is 0 Å². The van der Waals surface area contributed by atoms with Gasteiger partial charge in [-0.2, -0.15) is 5.26 Å². The molecule has 0 fully saturated rings. The van der Waals surface area contributed by atoms with Crippen LogP contribution in [-0.4, -0.2) is 15.8 Å². The van der Waals surface area contributed by atoms with Gasteiger partial charge < -0.3 is 9.73 Å². The first-order valence-corrected chi connectivity index (χ1v) is 9.48. The van der Waals surface area contributed by atoms with Gasteiger partial charge in [0.15, 0.2) is 10.8 Å². The van der Waals surface area contributed by atoms with Crippen molar-refractivity contribution in [1.82, 2.24) is 4.98 Å². The maximum Gasteiger partial charge on any atom is 0.269 e. The molecule has 30 heavy (non-hydrogen) atoms. The highest BCUT2D eigenvalue weighted by atomic mass is 32.1. The van der Waals surface area contributed by atoms with Gasteiger partial charge in [0.1, 0.15) is 17.4 Å². The van der Waals surface area contributed by atoms with Crippen LogP contribution in [0.3, 0.4) is 0 Å². The summed E-state index contributed by atoms with van der Waals surface area (Å²) in [5.41, 5.74) is 0.938. The second-order valence-electron chi connectivity index (χ2n) is 6.12. The van der Waals surface area contributed by atoms with Gasteiger partial charge in [-0.05, 0) is 36.4 Å². The minimum Gasteiger partial charge on any atom is -0.454 e. The second-order valence-corrected chi connectivity index (χ2v) is 7.15. The van der Waals surface area contributed by atoms with Gasteiger partial charge in [-0.3, -0.25) is 14.9 Å². The Balaban J connectivity index is 1.53. The number of nitro benzene ring substituents is 1. The van der Waals surface area contributed by atoms with Gasteiger partial charge in [-0.15, -0.1) is 11.3 Å². The van der Waals surface area contributed by atoms with Crippen LogP contribution in [0.2, 0.25) is 0 Å². The van der Waals surface area contributed by atoms with Crippen LogP contribution < -0.4 is 5.32 Å². The summed E-state index contributed by atoms with van der Waals surface area (Å²) in [6.45, 7) is 0. The number of carbonyl (C=O) groups is 1. The first-order valence-electron chi connectivity index (χ1n) is 8.67. The molecule has 0 aliphatic rings. The van der Waals surface area contributed by atoms with E-state index in [1.807, 2.05) is 30.3 Å². The molecule has 0 bridgehead atoms. The van der Waals surface area contributed by atoms with Crippen molar-refractivity contribution in [1.29, 1.82) is 5.26 Å². The van der Waals surface area contributed by atoms with E-state index in [9.17, 15) is 20.2 Å². The van der Waals surface area contributed by atoms with Crippen molar-refractivity contribution in [2.45, 2.75) is 0 Å². The van der Waals surface area contributed by atoms with Crippen molar-refractivity contribution < 1.29 is 14.1 Å². The first kappa shape index (κ1) is 19.0. The maximum atomic E-state index is 12.4. The summed E-state index contributed by atoms with van der Waals surface area (Å²) in [7, 11) is 0. The smallest absolute Gasteiger partial charge is 0.269 e. The summed E-state index contributed by atoms with van der Waals surface area (Å²) < 4.78 is 6.77. The molecule has 4 aromatic rings. The zero-order valence-electron chi connectivity index (χ0n) is 15.2. The van der Waals surface area contributed by atoms with E-state index in [2.05, 4.69) is 10.3 Å². The number of hydrogen-bond donors (Lipinski definition) is 1. The molecule has 8 nitrogen and oxygen atoms in total. The average molecular weight is 416 g/mol. The Kier molecular flexibility index (Phi) is 5.07. The number of amides is 1. The van der Waals surface area contributed by atoms with Gasteiger partial charge in [0, 0.05) is 23.9 Å². The number of nitrogens with zero attached hydrogens (tertiary/aromatic N) is 3. The monoisotopic (exact) mass is 416 g/mol. The Hall–Kier alpha value is -4.29. The predicted octanol–water partition coefficient (Wildman–Crippen LogP) is 5.01. The first-order chi connectivity index (χ1) is 14.5. The molecular formula is C21H12N4O4S. The number of non-ortho nitro benzene ring substituents is 1. The van der Waals surface area contributed by atoms with E-state index in [0.29, 0.717) is 22.2 Å². The molecule has 0 unspecified atom stereocenters. The largest absolute Gasteiger partial charge is 0.454 e. The molecule has 2 heterocycles. The number of thiazole rings is 1. The van der Waals surface area contributed by atoms with Crippen LogP contribution in [0.15, 0.2) is 70.7 Å². The van der Waals surface area contributed by atoms with E-state index >= 15 is 0 Å². The molecule has 1 N–H and O–H groups in total. The third-order valence-corrected chi connectivity index (χ3v) is 5.17. The number of fused-ring (bicyclic) bond motifs is 1. The number of hydrogen-bond acceptors (Lipinski definition) is 7. The zero-order chi connectivity index (χ0) is 21.1. The van der Waals surface area contributed by atoms with Crippen LogP contribution in [0, 0.1) is 21.4 Å². The van der Waals surface area contributed by atoms with Gasteiger partial charge in [0.2, 0.25) is 0 Å². The highest BCUT2D eigenvalue weighted by molar-refractivity contribution is 7.21. The molecule has 0 saturated heterocycles. The summed E-state index contributed by atoms with van der Waals surface area (Å²) in [6, 6.07) is 18.3. The van der Waals surface area contributed by atoms with Crippen LogP contribution in [0.25, 0.3) is 27.1 Å². The number of nitro groups is 1. The Bertz CT molecular complexity index is 1300. The van der Waals surface area contributed by atoms with Gasteiger partial charge in [0.05, 0.1) is 15.1 Å². The van der Waals surface area contributed by atoms with Crippen molar-refractivity contribution in [3.63, 3.8) is 0 Å². The summed E-state index contributed by atoms with van der Waals surface area (Å²) in [4.78, 5) is 27.1. The van der Waals surface area contributed by atoms with E-state index in [-0.39, 0.29) is 11.3 Å². The fraction of sp³-hybridized carbons (Fsp3) is 0. The molecule has 0 atom stereocenters. The standard InChI is InChI=1S/C21H12N4O4S/c22-12-13(20(26)23-14-5-7-15(8-6-14)25(27)28)11-16-9-10-18(29-16)21-24-17-3-1-2-4-19(17)30-21/h1-11H,(H,23,26). The molecule has 146 valence electrons. The average Bonchev–Trinajstić information content (AvgIpc) is 3.39. The van der Waals surface area contributed by atoms with Crippen molar-refractivity contribution in [3.05, 3.63) is 82.1 Å². The fourth-order valence-electron chi connectivity index (χ4n) is 2.68. The number of nitrogens with one attached hydrogen (secondary N) is 1. The Morgan fingerprint density at radius 1 is 1.17 bits per heavy atom. The van der Waals surface area contributed by atoms with E-state index in [1.165, 1.54) is 41.7 Å². The number of nitriles is 1. The number of aromatic nitrogens is 1. The number of anilines is 1. The van der Waals surface area contributed by atoms with Gasteiger partial charge in [0.25, 0.3) is 11.6 Å². The predicted molar refractivity (Wildman–Crippen MR) is 113 cm³/mol. The molecule has 9 heteroatoms. The Labute approximate surface area is 173 Å². The van der Waals surface area contributed by atoms with E-state index in [1.54, 1.807) is 12.1 Å². The van der Waals surface area contributed by atoms with E-state index in [0.717, 1.165) is 10.2 Å². The fourth-order valence-corrected chi connectivity index (χ4v) is 3.61. The lowest BCUT2D eigenvalue weighted by Crippen LogP contribution is -2.13. The van der Waals surface area contributed by atoms with Crippen LogP contribution >= 0.6 is 11.3 Å². The summed E-state index contributed by atoms with van der Waals surface area (Å²) >= 11 is 1.48. The highest BCUT2D eigenvalue weighted by Gasteiger charge is 2.14. The number of carbonyl (C=O) groups excluding carboxylic acids is 1. The van der Waals surface area contributed by atoms with Crippen LogP contribution in [0.4, 0.5) is 11.4 Å². The lowest BCUT2D eigenvalue weighted by atomic mass is 10.2. The number of rotatable bonds is 5. The summed E-state index contributed by atoms with van der Waals surface area (Å²) in [5, 5.41) is 23.3. The highest BCUT2D eigenvalue weighted by Crippen LogP contribution is 2.31. The number of furan rings is 1. The SMILES string of the molecule is N#CC(=Cc1ccc(-c2nc3ccccc3s2)o1)C(=O)Nc1ccc([N+](=O)[O-])cc1. The van der Waals surface area contributed by atoms with Crippen LogP contribution in [-0.2, 0) is 4.79 Å². The molecule has 0 radical (unpaired) electrons. The lowest BCUT2D eigenvalue weighted by Gasteiger charge is -2.03. The molecule has 2 aromatic carbocycles. The van der Waals surface area contributed by atoms with E-state index < -0.39 is 10.8 Å². The topological polar surface area (TPSA) is 122 Å². The maximum absolute atomic E-state index is 12.4. The van der Waals surface area contributed by atoms with Gasteiger partial charge in [-0.1, -0.05) is 12.1 Å². The Morgan fingerprint density at radius 2 is 1.93 bits per heavy atom. The minimum atomic E-state index is -0.649. The molecule has 2 aromatic heterocycles. The van der Waals surface area contributed by atoms with E-state index in [4.69, 9.17) is 4.42 Å². The number of para-hydroxylation sites is 1. The second kappa shape index (κ2) is 7.98. The Morgan fingerprint density at radius 3 is 2.63 bits per heavy atom. The normalized spacial score (nSPS) is 11.2. The van der Waals surface area contributed by atoms with Crippen LogP contribution in [0.5, 0.6) is 0 Å². The van der Waals surface area contributed by atoms with Crippen molar-refractivity contribution in [2.75, 3.05) is 5.32 Å². The third-order valence-electron chi connectivity index (χ3n) is 4.12. The number of benzene rings is 2. The molecule has 4 rings (SSSR count). The lowest BCUT2D eigenvalue weighted by molar-refractivity contribution is -0.384. The van der Waals surface area contributed by atoms with Crippen LogP contribution in [0.1, 0.15) is 5.76 Å². The van der Waals surface area contributed by atoms with Crippen molar-refractivity contribution >= 4 is 44.9 Å². The zero-order valence-corrected chi connectivity index (χ0v) is 16.1. The molecule has 1 amide bonds. The molecular weight excluding hydrogens is 404 g/mol. The minimum absolute atomic E-state index is 0.0954. The molecule has 0 spiro atoms. The molecule has 0 saturated carbocycles. The summed E-state index contributed by atoms with van der Waals surface area (Å²) in [5.74, 6) is 0.222.